The third kappa shape index (κ3) is 5.71. The van der Waals surface area contributed by atoms with Gasteiger partial charge in [0.1, 0.15) is 0 Å². The Balaban J connectivity index is 1.75. The first-order valence-electron chi connectivity index (χ1n) is 13.5. The molecule has 0 saturated heterocycles. The second kappa shape index (κ2) is 11.8. The highest BCUT2D eigenvalue weighted by Gasteiger charge is 2.31. The monoisotopic (exact) mass is 606 g/mol. The molecule has 0 bridgehead atoms. The van der Waals surface area contributed by atoms with Crippen molar-refractivity contribution < 1.29 is 34.5 Å². The average molecular weight is 607 g/mol. The van der Waals surface area contributed by atoms with Crippen molar-refractivity contribution in [3.8, 4) is 5.69 Å². The number of carboxylic acid groups (broad SMARTS) is 3. The Morgan fingerprint density at radius 3 is 1.89 bits per heavy atom. The maximum Gasteiger partial charge on any atom is 0.335 e. The fraction of sp³-hybridized carbons (Fsp3) is 0.0909. The topological polar surface area (TPSA) is 170 Å². The molecule has 4 aromatic rings. The summed E-state index contributed by atoms with van der Waals surface area (Å²) in [5.74, 6) is -4.61. The van der Waals surface area contributed by atoms with Gasteiger partial charge >= 0.3 is 17.9 Å². The van der Waals surface area contributed by atoms with E-state index in [-0.39, 0.29) is 44.3 Å². The van der Waals surface area contributed by atoms with E-state index in [1.807, 2.05) is 43.3 Å². The number of aromatic carboxylic acids is 3. The van der Waals surface area contributed by atoms with Crippen LogP contribution in [0.5, 0.6) is 0 Å². The van der Waals surface area contributed by atoms with Crippen LogP contribution < -0.4 is 26.2 Å². The molecule has 1 aliphatic rings. The third-order valence-corrected chi connectivity index (χ3v) is 7.24. The van der Waals surface area contributed by atoms with Crippen molar-refractivity contribution in [1.82, 2.24) is 4.57 Å². The van der Waals surface area contributed by atoms with Gasteiger partial charge in [0.15, 0.2) is 5.49 Å². The molecule has 0 radical (unpaired) electrons. The van der Waals surface area contributed by atoms with Crippen LogP contribution in [0.3, 0.4) is 0 Å². The molecule has 3 N–H and O–H groups in total. The van der Waals surface area contributed by atoms with Crippen molar-refractivity contribution in [2.45, 2.75) is 6.92 Å². The van der Waals surface area contributed by atoms with Crippen molar-refractivity contribution in [3.05, 3.63) is 127 Å². The van der Waals surface area contributed by atoms with E-state index < -0.39 is 29.4 Å². The molecule has 2 heterocycles. The number of rotatable bonds is 8. The number of carbonyl (C=O) groups excluding carboxylic acids is 1. The largest absolute Gasteiger partial charge is 0.478 e. The van der Waals surface area contributed by atoms with E-state index in [9.17, 15) is 39.3 Å². The van der Waals surface area contributed by atoms with Crippen molar-refractivity contribution in [3.63, 3.8) is 0 Å². The highest BCUT2D eigenvalue weighted by atomic mass is 16.4. The number of fused-ring (bicyclic) bond motifs is 1. The molecule has 0 saturated carbocycles. The van der Waals surface area contributed by atoms with Gasteiger partial charge in [-0.1, -0.05) is 24.3 Å². The molecule has 1 aliphatic heterocycles. The summed E-state index contributed by atoms with van der Waals surface area (Å²) in [6.45, 7) is 1.58. The number of carbonyl (C=O) groups is 4. The number of aromatic nitrogens is 1. The first-order valence-corrected chi connectivity index (χ1v) is 13.5. The van der Waals surface area contributed by atoms with Crippen LogP contribution in [-0.4, -0.2) is 57.8 Å². The average Bonchev–Trinajstić information content (AvgIpc) is 3.35. The Morgan fingerprint density at radius 2 is 1.36 bits per heavy atom. The second-order valence-electron chi connectivity index (χ2n) is 10.3. The summed E-state index contributed by atoms with van der Waals surface area (Å²) in [7, 11) is 3.84. The van der Waals surface area contributed by atoms with Crippen LogP contribution in [0.25, 0.3) is 17.8 Å². The van der Waals surface area contributed by atoms with E-state index >= 15 is 0 Å². The Bertz CT molecular complexity index is 2080. The molecule has 0 fully saturated rings. The van der Waals surface area contributed by atoms with Gasteiger partial charge in [0.25, 0.3) is 11.5 Å². The smallest absolute Gasteiger partial charge is 0.335 e. The lowest BCUT2D eigenvalue weighted by Gasteiger charge is -2.12. The minimum absolute atomic E-state index is 0.0114. The number of carboxylic acids is 3. The van der Waals surface area contributed by atoms with Crippen molar-refractivity contribution >= 4 is 47.3 Å². The van der Waals surface area contributed by atoms with Gasteiger partial charge in [-0.25, -0.2) is 14.4 Å². The molecular formula is C33H26N4O8. The Kier molecular flexibility index (Phi) is 7.89. The van der Waals surface area contributed by atoms with Gasteiger partial charge in [0, 0.05) is 25.0 Å². The number of pyridine rings is 1. The molecule has 226 valence electrons. The molecule has 45 heavy (non-hydrogen) atoms. The number of benzene rings is 3. The van der Waals surface area contributed by atoms with Crippen LogP contribution in [0.4, 0.5) is 11.4 Å². The lowest BCUT2D eigenvalue weighted by Crippen LogP contribution is -2.45. The van der Waals surface area contributed by atoms with Gasteiger partial charge in [-0.2, -0.15) is 5.01 Å². The number of hydrogen-bond donors (Lipinski definition) is 3. The van der Waals surface area contributed by atoms with Crippen LogP contribution in [0.2, 0.25) is 0 Å². The van der Waals surface area contributed by atoms with E-state index in [1.165, 1.54) is 30.3 Å². The van der Waals surface area contributed by atoms with Crippen LogP contribution in [-0.2, 0) is 0 Å². The summed E-state index contributed by atoms with van der Waals surface area (Å²) in [6.07, 6.45) is 4.93. The standard InChI is InChI=1S/C33H26N4O8/c1-18-26(6-4-5-19-7-11-23(12-8-19)35(2)3)29(38)36(25-16-21(32(42)43)15-22(17-25)33(44)45)28-27(18)30(39)37(34-28)24-13-9-20(10-14-24)31(40)41/h4-17H,1-3H3,(H,40,41)(H,42,43)(H,44,45)/b5-4+,26-6-. The van der Waals surface area contributed by atoms with Crippen molar-refractivity contribution in [2.24, 2.45) is 5.10 Å². The minimum Gasteiger partial charge on any atom is -0.478 e. The SMILES string of the molecule is Cc1c2c(n(-c3cc(C(=O)O)cc(C(=O)O)c3)c(=O)/c1=C\C=C\c1ccc(N(C)C)cc1)=NN(c1ccc(C(=O)O)cc1)C2=O. The molecule has 0 spiro atoms. The van der Waals surface area contributed by atoms with Crippen LogP contribution in [0, 0.1) is 6.92 Å². The summed E-state index contributed by atoms with van der Waals surface area (Å²) >= 11 is 0. The normalized spacial score (nSPS) is 12.7. The van der Waals surface area contributed by atoms with Crippen LogP contribution >= 0.6 is 0 Å². The fourth-order valence-corrected chi connectivity index (χ4v) is 4.87. The Morgan fingerprint density at radius 1 is 0.778 bits per heavy atom. The van der Waals surface area contributed by atoms with Gasteiger partial charge in [-0.05, 0) is 78.7 Å². The summed E-state index contributed by atoms with van der Waals surface area (Å²) in [5.41, 5.74) is 0.688. The maximum absolute atomic E-state index is 14.1. The molecule has 1 amide bonds. The maximum atomic E-state index is 14.1. The summed E-state index contributed by atoms with van der Waals surface area (Å²) in [5, 5.41) is 34.1. The highest BCUT2D eigenvalue weighted by Crippen LogP contribution is 2.22. The summed E-state index contributed by atoms with van der Waals surface area (Å²) in [6, 6.07) is 16.2. The van der Waals surface area contributed by atoms with E-state index in [1.54, 1.807) is 19.1 Å². The zero-order valence-corrected chi connectivity index (χ0v) is 24.3. The predicted molar refractivity (Wildman–Crippen MR) is 166 cm³/mol. The number of hydrogen-bond acceptors (Lipinski definition) is 7. The lowest BCUT2D eigenvalue weighted by molar-refractivity contribution is 0.0682. The Hall–Kier alpha value is -6.30. The quantitative estimate of drug-likeness (QED) is 0.273. The van der Waals surface area contributed by atoms with Crippen molar-refractivity contribution in [2.75, 3.05) is 24.0 Å². The first kappa shape index (κ1) is 30.2. The zero-order valence-electron chi connectivity index (χ0n) is 24.3. The summed E-state index contributed by atoms with van der Waals surface area (Å²) in [4.78, 5) is 64.9. The molecule has 3 aromatic carbocycles. The minimum atomic E-state index is -1.42. The van der Waals surface area contributed by atoms with Gasteiger partial charge < -0.3 is 20.2 Å². The molecule has 0 unspecified atom stereocenters. The molecule has 5 rings (SSSR count). The second-order valence-corrected chi connectivity index (χ2v) is 10.3. The lowest BCUT2D eigenvalue weighted by atomic mass is 10.1. The number of amides is 1. The fourth-order valence-electron chi connectivity index (χ4n) is 4.87. The molecular weight excluding hydrogens is 580 g/mol. The first-order chi connectivity index (χ1) is 21.4. The third-order valence-electron chi connectivity index (χ3n) is 7.24. The predicted octanol–water partition coefficient (Wildman–Crippen LogP) is 3.00. The van der Waals surface area contributed by atoms with E-state index in [2.05, 4.69) is 5.10 Å². The van der Waals surface area contributed by atoms with Gasteiger partial charge in [0.2, 0.25) is 0 Å². The van der Waals surface area contributed by atoms with Gasteiger partial charge in [-0.15, -0.1) is 5.10 Å². The number of allylic oxidation sites excluding steroid dienone is 1. The summed E-state index contributed by atoms with van der Waals surface area (Å²) < 4.78 is 1.01. The van der Waals surface area contributed by atoms with E-state index in [4.69, 9.17) is 0 Å². The van der Waals surface area contributed by atoms with Crippen LogP contribution in [0.15, 0.2) is 82.7 Å². The van der Waals surface area contributed by atoms with Gasteiger partial charge in [-0.3, -0.25) is 14.2 Å². The number of nitrogens with zero attached hydrogens (tertiary/aromatic N) is 4. The van der Waals surface area contributed by atoms with Crippen LogP contribution in [0.1, 0.15) is 52.6 Å². The molecule has 1 aromatic heterocycles. The highest BCUT2D eigenvalue weighted by molar-refractivity contribution is 6.08. The molecule has 12 nitrogen and oxygen atoms in total. The van der Waals surface area contributed by atoms with E-state index in [0.29, 0.717) is 5.56 Å². The molecule has 12 heteroatoms. The Labute approximate surface area is 255 Å². The zero-order chi connectivity index (χ0) is 32.6. The van der Waals surface area contributed by atoms with Gasteiger partial charge in [0.05, 0.1) is 33.6 Å². The molecule has 0 aliphatic carbocycles. The van der Waals surface area contributed by atoms with Crippen molar-refractivity contribution in [1.29, 1.82) is 0 Å². The number of anilines is 2. The van der Waals surface area contributed by atoms with E-state index in [0.717, 1.165) is 39.0 Å². The molecule has 0 atom stereocenters.